The second-order valence-electron chi connectivity index (χ2n) is 5.52. The van der Waals surface area contributed by atoms with Crippen LogP contribution in [0.1, 0.15) is 29.7 Å². The third-order valence-electron chi connectivity index (χ3n) is 4.02. The maximum atomic E-state index is 3.71. The monoisotopic (exact) mass is 278 g/mol. The van der Waals surface area contributed by atoms with Gasteiger partial charge in [-0.1, -0.05) is 30.7 Å². The predicted octanol–water partition coefficient (Wildman–Crippen LogP) is 3.00. The first-order valence-electron chi connectivity index (χ1n) is 7.22. The summed E-state index contributed by atoms with van der Waals surface area (Å²) in [4.78, 5) is 2.52. The Balaban J connectivity index is 2.30. The van der Waals surface area contributed by atoms with Crippen LogP contribution in [0.3, 0.4) is 0 Å². The summed E-state index contributed by atoms with van der Waals surface area (Å²) in [7, 11) is 2.26. The lowest BCUT2D eigenvalue weighted by atomic mass is 9.93. The van der Waals surface area contributed by atoms with Crippen molar-refractivity contribution in [1.82, 2.24) is 10.2 Å². The Labute approximate surface area is 122 Å². The van der Waals surface area contributed by atoms with Crippen molar-refractivity contribution in [3.63, 3.8) is 0 Å². The molecule has 0 aromatic heterocycles. The minimum Gasteiger partial charge on any atom is -0.309 e. The molecule has 19 heavy (non-hydrogen) atoms. The van der Waals surface area contributed by atoms with Gasteiger partial charge >= 0.3 is 0 Å². The highest BCUT2D eigenvalue weighted by Crippen LogP contribution is 2.29. The second-order valence-corrected chi connectivity index (χ2v) is 6.67. The molecule has 0 aliphatic carbocycles. The van der Waals surface area contributed by atoms with Crippen molar-refractivity contribution in [3.8, 4) is 0 Å². The van der Waals surface area contributed by atoms with E-state index in [1.807, 2.05) is 0 Å². The molecule has 1 saturated heterocycles. The van der Waals surface area contributed by atoms with Crippen LogP contribution in [-0.4, -0.2) is 42.6 Å². The van der Waals surface area contributed by atoms with E-state index in [1.54, 1.807) is 0 Å². The van der Waals surface area contributed by atoms with E-state index < -0.39 is 0 Å². The number of nitrogens with one attached hydrogen (secondary N) is 1. The molecule has 2 nitrogen and oxygen atoms in total. The van der Waals surface area contributed by atoms with Crippen LogP contribution in [0.2, 0.25) is 0 Å². The summed E-state index contributed by atoms with van der Waals surface area (Å²) >= 11 is 2.08. The number of aryl methyl sites for hydroxylation is 2. The molecule has 0 radical (unpaired) electrons. The van der Waals surface area contributed by atoms with Crippen LogP contribution in [0.25, 0.3) is 0 Å². The number of nitrogens with zero attached hydrogens (tertiary/aromatic N) is 1. The Hall–Kier alpha value is -0.510. The lowest BCUT2D eigenvalue weighted by molar-refractivity contribution is 0.216. The quantitative estimate of drug-likeness (QED) is 0.911. The van der Waals surface area contributed by atoms with Gasteiger partial charge in [0.15, 0.2) is 0 Å². The number of thioether (sulfide) groups is 1. The average molecular weight is 278 g/mol. The maximum absolute atomic E-state index is 3.71. The third-order valence-corrected chi connectivity index (χ3v) is 5.07. The number of hydrogen-bond donors (Lipinski definition) is 1. The Morgan fingerprint density at radius 1 is 1.42 bits per heavy atom. The van der Waals surface area contributed by atoms with E-state index in [-0.39, 0.29) is 0 Å². The fourth-order valence-corrected chi connectivity index (χ4v) is 4.10. The molecule has 0 saturated carbocycles. The topological polar surface area (TPSA) is 15.3 Å². The molecule has 1 heterocycles. The van der Waals surface area contributed by atoms with E-state index in [4.69, 9.17) is 0 Å². The van der Waals surface area contributed by atoms with Crippen LogP contribution in [0, 0.1) is 13.8 Å². The lowest BCUT2D eigenvalue weighted by Crippen LogP contribution is -2.48. The van der Waals surface area contributed by atoms with E-state index >= 15 is 0 Å². The number of benzene rings is 1. The number of rotatable bonds is 4. The van der Waals surface area contributed by atoms with Crippen LogP contribution in [0.5, 0.6) is 0 Å². The number of likely N-dealkylation sites (N-methyl/N-ethyl adjacent to an activating group) is 2. The highest BCUT2D eigenvalue weighted by atomic mass is 32.2. The van der Waals surface area contributed by atoms with Crippen molar-refractivity contribution < 1.29 is 0 Å². The molecule has 3 heteroatoms. The van der Waals surface area contributed by atoms with Gasteiger partial charge in [-0.2, -0.15) is 11.8 Å². The molecule has 1 fully saturated rings. The van der Waals surface area contributed by atoms with Gasteiger partial charge < -0.3 is 5.32 Å². The Bertz CT molecular complexity index is 419. The van der Waals surface area contributed by atoms with E-state index in [9.17, 15) is 0 Å². The molecule has 1 aromatic carbocycles. The molecule has 0 amide bonds. The first kappa shape index (κ1) is 14.9. The molecule has 0 spiro atoms. The van der Waals surface area contributed by atoms with E-state index in [0.29, 0.717) is 12.1 Å². The van der Waals surface area contributed by atoms with E-state index in [0.717, 1.165) is 6.54 Å². The Morgan fingerprint density at radius 3 is 2.89 bits per heavy atom. The van der Waals surface area contributed by atoms with E-state index in [1.165, 1.54) is 34.7 Å². The van der Waals surface area contributed by atoms with Crippen molar-refractivity contribution in [2.24, 2.45) is 0 Å². The second kappa shape index (κ2) is 6.78. The summed E-state index contributed by atoms with van der Waals surface area (Å²) in [5.41, 5.74) is 4.23. The summed E-state index contributed by atoms with van der Waals surface area (Å²) in [6, 6.07) is 7.86. The van der Waals surface area contributed by atoms with Gasteiger partial charge in [-0.25, -0.2) is 0 Å². The van der Waals surface area contributed by atoms with Crippen LogP contribution in [0.4, 0.5) is 0 Å². The molecule has 1 aliphatic rings. The summed E-state index contributed by atoms with van der Waals surface area (Å²) in [6.07, 6.45) is 0. The average Bonchev–Trinajstić information content (AvgIpc) is 2.40. The molecular formula is C16H26N2S. The summed E-state index contributed by atoms with van der Waals surface area (Å²) in [5.74, 6) is 2.49. The number of hydrogen-bond acceptors (Lipinski definition) is 3. The standard InChI is InChI=1S/C16H26N2S/c1-5-17-16(15-11-19-9-8-18(15)4)14-10-12(2)6-7-13(14)3/h6-7,10,15-17H,5,8-9,11H2,1-4H3. The van der Waals surface area contributed by atoms with Gasteiger partial charge in [0.2, 0.25) is 0 Å². The van der Waals surface area contributed by atoms with Gasteiger partial charge in [-0.15, -0.1) is 0 Å². The smallest absolute Gasteiger partial charge is 0.0488 e. The van der Waals surface area contributed by atoms with Gasteiger partial charge in [-0.3, -0.25) is 4.90 Å². The van der Waals surface area contributed by atoms with Gasteiger partial charge in [0.05, 0.1) is 0 Å². The SMILES string of the molecule is CCNC(c1cc(C)ccc1C)C1CSCCN1C. The maximum Gasteiger partial charge on any atom is 0.0488 e. The molecule has 2 atom stereocenters. The summed E-state index contributed by atoms with van der Waals surface area (Å²) in [6.45, 7) is 8.84. The fraction of sp³-hybridized carbons (Fsp3) is 0.625. The molecule has 2 rings (SSSR count). The van der Waals surface area contributed by atoms with Gasteiger partial charge in [0.25, 0.3) is 0 Å². The third kappa shape index (κ3) is 3.53. The minimum absolute atomic E-state index is 0.447. The fourth-order valence-electron chi connectivity index (χ4n) is 2.82. The zero-order valence-electron chi connectivity index (χ0n) is 12.6. The van der Waals surface area contributed by atoms with Crippen LogP contribution >= 0.6 is 11.8 Å². The minimum atomic E-state index is 0.447. The van der Waals surface area contributed by atoms with Gasteiger partial charge in [0, 0.05) is 30.1 Å². The summed E-state index contributed by atoms with van der Waals surface area (Å²) < 4.78 is 0. The molecule has 2 unspecified atom stereocenters. The normalized spacial score (nSPS) is 22.4. The van der Waals surface area contributed by atoms with Crippen molar-refractivity contribution >= 4 is 11.8 Å². The molecule has 1 aromatic rings. The first-order chi connectivity index (χ1) is 9.13. The molecule has 0 bridgehead atoms. The molecular weight excluding hydrogens is 252 g/mol. The van der Waals surface area contributed by atoms with Gasteiger partial charge in [-0.05, 0) is 38.6 Å². The highest BCUT2D eigenvalue weighted by Gasteiger charge is 2.29. The zero-order valence-corrected chi connectivity index (χ0v) is 13.4. The molecule has 1 N–H and O–H groups in total. The van der Waals surface area contributed by atoms with E-state index in [2.05, 4.69) is 68.0 Å². The van der Waals surface area contributed by atoms with Crippen LogP contribution in [0.15, 0.2) is 18.2 Å². The van der Waals surface area contributed by atoms with Crippen molar-refractivity contribution in [3.05, 3.63) is 34.9 Å². The van der Waals surface area contributed by atoms with Crippen LogP contribution < -0.4 is 5.32 Å². The van der Waals surface area contributed by atoms with Crippen molar-refractivity contribution in [2.45, 2.75) is 32.9 Å². The predicted molar refractivity (Wildman–Crippen MR) is 86.1 cm³/mol. The Kier molecular flexibility index (Phi) is 5.31. The van der Waals surface area contributed by atoms with Crippen molar-refractivity contribution in [1.29, 1.82) is 0 Å². The van der Waals surface area contributed by atoms with Crippen molar-refractivity contribution in [2.75, 3.05) is 31.6 Å². The highest BCUT2D eigenvalue weighted by molar-refractivity contribution is 7.99. The zero-order chi connectivity index (χ0) is 13.8. The van der Waals surface area contributed by atoms with Gasteiger partial charge in [0.1, 0.15) is 0 Å². The lowest BCUT2D eigenvalue weighted by Gasteiger charge is -2.39. The first-order valence-corrected chi connectivity index (χ1v) is 8.37. The summed E-state index contributed by atoms with van der Waals surface area (Å²) in [5, 5.41) is 3.71. The molecule has 106 valence electrons. The largest absolute Gasteiger partial charge is 0.309 e. The van der Waals surface area contributed by atoms with Crippen LogP contribution in [-0.2, 0) is 0 Å². The molecule has 1 aliphatic heterocycles. The Morgan fingerprint density at radius 2 is 2.21 bits per heavy atom.